The first-order valence-corrected chi connectivity index (χ1v) is 12.3. The van der Waals surface area contributed by atoms with E-state index in [0.29, 0.717) is 41.9 Å². The number of nitrogen functional groups attached to an aromatic ring is 2. The van der Waals surface area contributed by atoms with Crippen LogP contribution >= 0.6 is 0 Å². The van der Waals surface area contributed by atoms with Crippen molar-refractivity contribution in [3.8, 4) is 5.75 Å². The highest BCUT2D eigenvalue weighted by Crippen LogP contribution is 2.15. The summed E-state index contributed by atoms with van der Waals surface area (Å²) >= 11 is 0. The minimum absolute atomic E-state index is 0.0492. The number of hydrogen-bond acceptors (Lipinski definition) is 8. The van der Waals surface area contributed by atoms with Crippen molar-refractivity contribution < 1.29 is 65.2 Å². The molecule has 9 N–H and O–H groups in total. The monoisotopic (exact) mass is 653 g/mol. The molecule has 1 amide bonds. The molecule has 0 radical (unpaired) electrons. The first-order chi connectivity index (χ1) is 20.7. The van der Waals surface area contributed by atoms with Crippen molar-refractivity contribution >= 4 is 35.5 Å². The fourth-order valence-electron chi connectivity index (χ4n) is 2.77. The average Bonchev–Trinajstić information content (AvgIpc) is 2.94. The number of hydrogen-bond donors (Lipinski definition) is 7. The maximum atomic E-state index is 12.5. The van der Waals surface area contributed by atoms with E-state index in [2.05, 4.69) is 5.32 Å². The fourth-order valence-corrected chi connectivity index (χ4v) is 2.77. The summed E-state index contributed by atoms with van der Waals surface area (Å²) in [5, 5.41) is 31.8. The third-order valence-electron chi connectivity index (χ3n) is 4.87. The van der Waals surface area contributed by atoms with Crippen LogP contribution in [-0.4, -0.2) is 77.3 Å². The van der Waals surface area contributed by atoms with Crippen LogP contribution in [0.15, 0.2) is 48.5 Å². The van der Waals surface area contributed by atoms with Crippen molar-refractivity contribution in [2.24, 2.45) is 11.5 Å². The smallest absolute Gasteiger partial charge is 0.490 e. The summed E-state index contributed by atoms with van der Waals surface area (Å²) in [5.41, 5.74) is 12.3. The van der Waals surface area contributed by atoms with Crippen LogP contribution in [-0.2, 0) is 19.1 Å². The van der Waals surface area contributed by atoms with Gasteiger partial charge in [-0.25, -0.2) is 14.4 Å². The molecule has 0 unspecified atom stereocenters. The number of benzene rings is 2. The SMILES string of the molecule is CCOC(=O)[C@@H](CCCOc1cccc(C(=N)N)c1)NC(=O)c1ccc(C(=N)N)cc1.O=C(O)C(F)(F)F.O=C(O)C(F)(F)F. The number of amides is 1. The molecule has 45 heavy (non-hydrogen) atoms. The Balaban J connectivity index is 0.00000114. The molecule has 0 heterocycles. The summed E-state index contributed by atoms with van der Waals surface area (Å²) in [6.07, 6.45) is -9.36. The van der Waals surface area contributed by atoms with Crippen LogP contribution in [0.4, 0.5) is 26.3 Å². The van der Waals surface area contributed by atoms with E-state index in [1.165, 1.54) is 0 Å². The number of carboxylic acid groups (broad SMARTS) is 2. The Kier molecular flexibility index (Phi) is 16.2. The summed E-state index contributed by atoms with van der Waals surface area (Å²) in [5.74, 6) is -6.04. The molecule has 0 aliphatic heterocycles. The van der Waals surface area contributed by atoms with E-state index in [4.69, 9.17) is 51.6 Å². The molecule has 0 aromatic heterocycles. The topological polar surface area (TPSA) is 239 Å². The lowest BCUT2D eigenvalue weighted by Crippen LogP contribution is -2.42. The highest BCUT2D eigenvalue weighted by Gasteiger charge is 2.38. The normalized spacial score (nSPS) is 11.3. The molecule has 2 aromatic rings. The molecule has 2 rings (SSSR count). The number of nitrogens with one attached hydrogen (secondary N) is 3. The van der Waals surface area contributed by atoms with Gasteiger partial charge in [0.1, 0.15) is 23.5 Å². The van der Waals surface area contributed by atoms with E-state index < -0.39 is 42.2 Å². The second-order valence-corrected chi connectivity index (χ2v) is 8.31. The second kappa shape index (κ2) is 18.3. The zero-order valence-corrected chi connectivity index (χ0v) is 23.3. The van der Waals surface area contributed by atoms with Gasteiger partial charge in [-0.3, -0.25) is 15.6 Å². The summed E-state index contributed by atoms with van der Waals surface area (Å²) in [4.78, 5) is 42.6. The molecule has 0 spiro atoms. The van der Waals surface area contributed by atoms with Crippen molar-refractivity contribution in [3.05, 3.63) is 65.2 Å². The first kappa shape index (κ1) is 39.6. The van der Waals surface area contributed by atoms with E-state index in [1.54, 1.807) is 55.5 Å². The highest BCUT2D eigenvalue weighted by molar-refractivity contribution is 5.99. The number of esters is 1. The van der Waals surface area contributed by atoms with Crippen molar-refractivity contribution in [2.75, 3.05) is 13.2 Å². The van der Waals surface area contributed by atoms with Crippen LogP contribution in [0.5, 0.6) is 5.75 Å². The Hall–Kier alpha value is -5.36. The van der Waals surface area contributed by atoms with Gasteiger partial charge in [0.15, 0.2) is 0 Å². The second-order valence-electron chi connectivity index (χ2n) is 8.31. The van der Waals surface area contributed by atoms with Gasteiger partial charge < -0.3 is 36.5 Å². The van der Waals surface area contributed by atoms with Gasteiger partial charge in [0, 0.05) is 16.7 Å². The van der Waals surface area contributed by atoms with Crippen LogP contribution in [0.1, 0.15) is 41.3 Å². The number of ether oxygens (including phenoxy) is 2. The van der Waals surface area contributed by atoms with Gasteiger partial charge in [-0.15, -0.1) is 0 Å². The number of aliphatic carboxylic acids is 2. The van der Waals surface area contributed by atoms with Crippen LogP contribution in [0.2, 0.25) is 0 Å². The predicted octanol–water partition coefficient (Wildman–Crippen LogP) is 3.04. The number of rotatable bonds is 11. The number of carbonyl (C=O) groups excluding carboxylic acids is 2. The lowest BCUT2D eigenvalue weighted by Gasteiger charge is -2.17. The number of amidine groups is 2. The molecule has 0 fully saturated rings. The molecular weight excluding hydrogens is 624 g/mol. The van der Waals surface area contributed by atoms with Crippen molar-refractivity contribution in [1.29, 1.82) is 10.8 Å². The van der Waals surface area contributed by atoms with E-state index >= 15 is 0 Å². The fraction of sp³-hybridized carbons (Fsp3) is 0.308. The minimum atomic E-state index is -5.08. The molecule has 0 aliphatic carbocycles. The predicted molar refractivity (Wildman–Crippen MR) is 145 cm³/mol. The lowest BCUT2D eigenvalue weighted by molar-refractivity contribution is -0.193. The van der Waals surface area contributed by atoms with Crippen LogP contribution in [0.25, 0.3) is 0 Å². The third-order valence-corrected chi connectivity index (χ3v) is 4.87. The third kappa shape index (κ3) is 16.2. The van der Waals surface area contributed by atoms with Gasteiger partial charge in [-0.2, -0.15) is 26.3 Å². The van der Waals surface area contributed by atoms with Crippen molar-refractivity contribution in [3.63, 3.8) is 0 Å². The first-order valence-electron chi connectivity index (χ1n) is 12.3. The highest BCUT2D eigenvalue weighted by atomic mass is 19.4. The number of carboxylic acids is 2. The van der Waals surface area contributed by atoms with Gasteiger partial charge in [0.25, 0.3) is 5.91 Å². The van der Waals surface area contributed by atoms with Crippen LogP contribution < -0.4 is 21.5 Å². The summed E-state index contributed by atoms with van der Waals surface area (Å²) in [6.45, 7) is 2.20. The zero-order valence-electron chi connectivity index (χ0n) is 23.3. The Morgan fingerprint density at radius 2 is 1.31 bits per heavy atom. The zero-order chi connectivity index (χ0) is 35.0. The van der Waals surface area contributed by atoms with Gasteiger partial charge in [0.2, 0.25) is 0 Å². The molecule has 13 nitrogen and oxygen atoms in total. The molecule has 0 bridgehead atoms. The van der Waals surface area contributed by atoms with E-state index in [9.17, 15) is 35.9 Å². The maximum absolute atomic E-state index is 12.5. The lowest BCUT2D eigenvalue weighted by atomic mass is 10.1. The van der Waals surface area contributed by atoms with Crippen LogP contribution in [0.3, 0.4) is 0 Å². The molecule has 19 heteroatoms. The summed E-state index contributed by atoms with van der Waals surface area (Å²) in [7, 11) is 0. The molecule has 0 aliphatic rings. The van der Waals surface area contributed by atoms with Gasteiger partial charge in [-0.05, 0) is 44.0 Å². The number of nitrogens with two attached hydrogens (primary N) is 2. The maximum Gasteiger partial charge on any atom is 0.490 e. The molecule has 0 saturated carbocycles. The molecule has 1 atom stereocenters. The van der Waals surface area contributed by atoms with Crippen molar-refractivity contribution in [2.45, 2.75) is 38.2 Å². The van der Waals surface area contributed by atoms with Gasteiger partial charge >= 0.3 is 30.3 Å². The Morgan fingerprint density at radius 1 is 0.844 bits per heavy atom. The van der Waals surface area contributed by atoms with E-state index in [-0.39, 0.29) is 18.3 Å². The Bertz CT molecular complexity index is 1310. The largest absolute Gasteiger partial charge is 0.494 e. The number of halogens is 6. The summed E-state index contributed by atoms with van der Waals surface area (Å²) in [6, 6.07) is 12.3. The number of alkyl halides is 6. The standard InChI is InChI=1S/C22H27N5O4.2C2HF3O2/c1-2-30-22(29)18(27-21(28)15-10-8-14(9-11-15)19(23)24)7-4-12-31-17-6-3-5-16(13-17)20(25)26;2*3-2(4,5)1(6)7/h3,5-6,8-11,13,18H,2,4,7,12H2,1H3,(H3,23,24)(H3,25,26)(H,27,28);2*(H,6,7)/t18-;;/m1../s1. The molecule has 248 valence electrons. The Morgan fingerprint density at radius 3 is 1.73 bits per heavy atom. The van der Waals surface area contributed by atoms with Crippen molar-refractivity contribution in [1.82, 2.24) is 5.32 Å². The molecule has 2 aromatic carbocycles. The molecule has 0 saturated heterocycles. The van der Waals surface area contributed by atoms with E-state index in [0.717, 1.165) is 0 Å². The average molecular weight is 654 g/mol. The van der Waals surface area contributed by atoms with Gasteiger partial charge in [-0.1, -0.05) is 24.3 Å². The molecular formula is C26H29F6N5O8. The van der Waals surface area contributed by atoms with E-state index in [1.807, 2.05) is 0 Å². The van der Waals surface area contributed by atoms with Crippen LogP contribution in [0, 0.1) is 10.8 Å². The van der Waals surface area contributed by atoms with Gasteiger partial charge in [0.05, 0.1) is 13.2 Å². The minimum Gasteiger partial charge on any atom is -0.494 e. The summed E-state index contributed by atoms with van der Waals surface area (Å²) < 4.78 is 74.2. The number of carbonyl (C=O) groups is 4. The Labute approximate surface area is 251 Å². The quantitative estimate of drug-likeness (QED) is 0.0615.